The topological polar surface area (TPSA) is 64.0 Å². The number of benzene rings is 2. The number of rotatable bonds is 6. The Hall–Kier alpha value is -2.73. The van der Waals surface area contributed by atoms with Gasteiger partial charge >= 0.3 is 0 Å². The first-order chi connectivity index (χ1) is 13.1. The molecule has 0 aliphatic rings. The van der Waals surface area contributed by atoms with Crippen LogP contribution in [0.1, 0.15) is 41.0 Å². The van der Waals surface area contributed by atoms with Gasteiger partial charge in [-0.25, -0.2) is 4.68 Å². The van der Waals surface area contributed by atoms with Crippen LogP contribution in [0.15, 0.2) is 76.0 Å². The van der Waals surface area contributed by atoms with Gasteiger partial charge in [-0.3, -0.25) is 9.59 Å². The van der Waals surface area contributed by atoms with E-state index in [1.165, 1.54) is 16.8 Å². The van der Waals surface area contributed by atoms with Crippen LogP contribution in [-0.4, -0.2) is 15.7 Å². The van der Waals surface area contributed by atoms with Crippen LogP contribution in [0.5, 0.6) is 0 Å². The lowest BCUT2D eigenvalue weighted by Crippen LogP contribution is -2.32. The molecule has 3 aromatic rings. The molecule has 5 nitrogen and oxygen atoms in total. The highest BCUT2D eigenvalue weighted by Gasteiger charge is 2.16. The van der Waals surface area contributed by atoms with Crippen molar-refractivity contribution >= 4 is 21.8 Å². The molecule has 0 saturated carbocycles. The highest BCUT2D eigenvalue weighted by atomic mass is 79.9. The van der Waals surface area contributed by atoms with E-state index in [1.807, 2.05) is 61.5 Å². The summed E-state index contributed by atoms with van der Waals surface area (Å²) in [5.41, 5.74) is 1.95. The molecule has 3 rings (SSSR count). The highest BCUT2D eigenvalue weighted by Crippen LogP contribution is 2.19. The van der Waals surface area contributed by atoms with Gasteiger partial charge in [0.2, 0.25) is 0 Å². The Labute approximate surface area is 166 Å². The Balaban J connectivity index is 1.79. The van der Waals surface area contributed by atoms with Crippen molar-refractivity contribution in [2.24, 2.45) is 0 Å². The number of hydrogen-bond donors (Lipinski definition) is 1. The van der Waals surface area contributed by atoms with E-state index in [2.05, 4.69) is 26.3 Å². The molecule has 1 heterocycles. The van der Waals surface area contributed by atoms with E-state index in [0.29, 0.717) is 6.54 Å². The van der Waals surface area contributed by atoms with Gasteiger partial charge in [-0.1, -0.05) is 65.3 Å². The van der Waals surface area contributed by atoms with Crippen LogP contribution in [0.4, 0.5) is 0 Å². The normalized spacial score (nSPS) is 11.8. The summed E-state index contributed by atoms with van der Waals surface area (Å²) in [5.74, 6) is -0.299. The fraction of sp³-hybridized carbons (Fsp3) is 0.190. The van der Waals surface area contributed by atoms with Crippen molar-refractivity contribution in [3.63, 3.8) is 0 Å². The average Bonchev–Trinajstić information content (AvgIpc) is 2.69. The lowest BCUT2D eigenvalue weighted by molar-refractivity contribution is 0.0928. The lowest BCUT2D eigenvalue weighted by atomic mass is 10.0. The second-order valence-electron chi connectivity index (χ2n) is 6.19. The number of hydrogen-bond acceptors (Lipinski definition) is 3. The molecule has 138 valence electrons. The molecule has 0 aliphatic heterocycles. The minimum Gasteiger partial charge on any atom is -0.344 e. The molecule has 0 spiro atoms. The van der Waals surface area contributed by atoms with E-state index in [9.17, 15) is 9.59 Å². The van der Waals surface area contributed by atoms with Crippen molar-refractivity contribution in [3.05, 3.63) is 98.4 Å². The standard InChI is InChI=1S/C21H20BrN3O2/c1-2-18(16-8-10-17(22)11-9-16)23-21(27)19-12-13-20(26)25(24-19)14-15-6-4-3-5-7-15/h3-13,18H,2,14H2,1H3,(H,23,27). The molecule has 0 bridgehead atoms. The summed E-state index contributed by atoms with van der Waals surface area (Å²) >= 11 is 3.42. The first-order valence-electron chi connectivity index (χ1n) is 8.75. The summed E-state index contributed by atoms with van der Waals surface area (Å²) in [7, 11) is 0. The van der Waals surface area contributed by atoms with Gasteiger partial charge in [0.25, 0.3) is 11.5 Å². The summed E-state index contributed by atoms with van der Waals surface area (Å²) in [6.45, 7) is 2.33. The Morgan fingerprint density at radius 2 is 1.78 bits per heavy atom. The van der Waals surface area contributed by atoms with Crippen LogP contribution in [-0.2, 0) is 6.54 Å². The predicted octanol–water partition coefficient (Wildman–Crippen LogP) is 3.94. The smallest absolute Gasteiger partial charge is 0.272 e. The van der Waals surface area contributed by atoms with Crippen LogP contribution in [0.25, 0.3) is 0 Å². The van der Waals surface area contributed by atoms with Crippen LogP contribution in [0.2, 0.25) is 0 Å². The summed E-state index contributed by atoms with van der Waals surface area (Å²) in [4.78, 5) is 24.8. The van der Waals surface area contributed by atoms with E-state index in [1.54, 1.807) is 0 Å². The van der Waals surface area contributed by atoms with Crippen molar-refractivity contribution in [3.8, 4) is 0 Å². The van der Waals surface area contributed by atoms with Crippen LogP contribution >= 0.6 is 15.9 Å². The molecule has 2 aromatic carbocycles. The molecule has 1 amide bonds. The van der Waals surface area contributed by atoms with E-state index < -0.39 is 0 Å². The van der Waals surface area contributed by atoms with Crippen molar-refractivity contribution in [1.82, 2.24) is 15.1 Å². The summed E-state index contributed by atoms with van der Waals surface area (Å²) < 4.78 is 2.30. The molecule has 0 saturated heterocycles. The fourth-order valence-electron chi connectivity index (χ4n) is 2.79. The number of halogens is 1. The number of nitrogens with one attached hydrogen (secondary N) is 1. The van der Waals surface area contributed by atoms with Gasteiger partial charge in [-0.2, -0.15) is 5.10 Å². The molecule has 1 atom stereocenters. The van der Waals surface area contributed by atoms with E-state index in [0.717, 1.165) is 22.0 Å². The summed E-state index contributed by atoms with van der Waals surface area (Å²) in [6.07, 6.45) is 0.747. The zero-order valence-corrected chi connectivity index (χ0v) is 16.5. The lowest BCUT2D eigenvalue weighted by Gasteiger charge is -2.17. The van der Waals surface area contributed by atoms with Gasteiger partial charge in [0.1, 0.15) is 5.69 Å². The maximum Gasteiger partial charge on any atom is 0.272 e. The third-order valence-corrected chi connectivity index (χ3v) is 4.79. The zero-order valence-electron chi connectivity index (χ0n) is 14.9. The van der Waals surface area contributed by atoms with E-state index in [4.69, 9.17) is 0 Å². The molecule has 1 unspecified atom stereocenters. The van der Waals surface area contributed by atoms with Gasteiger partial charge in [-0.05, 0) is 35.7 Å². The fourth-order valence-corrected chi connectivity index (χ4v) is 3.05. The van der Waals surface area contributed by atoms with Crippen molar-refractivity contribution in [1.29, 1.82) is 0 Å². The van der Waals surface area contributed by atoms with Crippen LogP contribution < -0.4 is 10.9 Å². The monoisotopic (exact) mass is 425 g/mol. The number of nitrogens with zero attached hydrogens (tertiary/aromatic N) is 2. The van der Waals surface area contributed by atoms with Crippen molar-refractivity contribution < 1.29 is 4.79 Å². The van der Waals surface area contributed by atoms with Crippen LogP contribution in [0, 0.1) is 0 Å². The SMILES string of the molecule is CCC(NC(=O)c1ccc(=O)n(Cc2ccccc2)n1)c1ccc(Br)cc1. The molecule has 0 fully saturated rings. The summed E-state index contributed by atoms with van der Waals surface area (Å²) in [5, 5.41) is 7.24. The van der Waals surface area contributed by atoms with Crippen molar-refractivity contribution in [2.45, 2.75) is 25.9 Å². The van der Waals surface area contributed by atoms with Gasteiger partial charge in [0, 0.05) is 10.5 Å². The van der Waals surface area contributed by atoms with Crippen LogP contribution in [0.3, 0.4) is 0 Å². The second-order valence-corrected chi connectivity index (χ2v) is 7.10. The van der Waals surface area contributed by atoms with Gasteiger partial charge in [0.15, 0.2) is 0 Å². The molecular formula is C21H20BrN3O2. The van der Waals surface area contributed by atoms with E-state index >= 15 is 0 Å². The maximum absolute atomic E-state index is 12.7. The third-order valence-electron chi connectivity index (χ3n) is 4.26. The minimum atomic E-state index is -0.299. The quantitative estimate of drug-likeness (QED) is 0.650. The van der Waals surface area contributed by atoms with Gasteiger partial charge in [0.05, 0.1) is 12.6 Å². The molecular weight excluding hydrogens is 406 g/mol. The van der Waals surface area contributed by atoms with Crippen molar-refractivity contribution in [2.75, 3.05) is 0 Å². The minimum absolute atomic E-state index is 0.123. The number of carbonyl (C=O) groups is 1. The molecule has 0 aliphatic carbocycles. The Bertz CT molecular complexity index is 969. The zero-order chi connectivity index (χ0) is 19.2. The number of aromatic nitrogens is 2. The Morgan fingerprint density at radius 3 is 2.44 bits per heavy atom. The predicted molar refractivity (Wildman–Crippen MR) is 109 cm³/mol. The second kappa shape index (κ2) is 8.77. The summed E-state index contributed by atoms with van der Waals surface area (Å²) in [6, 6.07) is 20.1. The third kappa shape index (κ3) is 4.92. The molecule has 1 aromatic heterocycles. The molecule has 1 N–H and O–H groups in total. The molecule has 27 heavy (non-hydrogen) atoms. The average molecular weight is 426 g/mol. The number of carbonyl (C=O) groups excluding carboxylic acids is 1. The largest absolute Gasteiger partial charge is 0.344 e. The molecule has 6 heteroatoms. The Morgan fingerprint density at radius 1 is 1.07 bits per heavy atom. The first kappa shape index (κ1) is 19.0. The highest BCUT2D eigenvalue weighted by molar-refractivity contribution is 9.10. The first-order valence-corrected chi connectivity index (χ1v) is 9.54. The number of amides is 1. The maximum atomic E-state index is 12.7. The molecule has 0 radical (unpaired) electrons. The Kier molecular flexibility index (Phi) is 6.19. The van der Waals surface area contributed by atoms with Gasteiger partial charge in [-0.15, -0.1) is 0 Å². The van der Waals surface area contributed by atoms with E-state index in [-0.39, 0.29) is 23.2 Å². The van der Waals surface area contributed by atoms with Gasteiger partial charge < -0.3 is 5.32 Å².